The van der Waals surface area contributed by atoms with Crippen LogP contribution in [0, 0.1) is 6.92 Å². The van der Waals surface area contributed by atoms with Gasteiger partial charge in [0.15, 0.2) is 5.76 Å². The van der Waals surface area contributed by atoms with Crippen molar-refractivity contribution in [3.63, 3.8) is 0 Å². The van der Waals surface area contributed by atoms with Crippen LogP contribution in [-0.4, -0.2) is 5.91 Å². The van der Waals surface area contributed by atoms with Crippen molar-refractivity contribution in [2.75, 3.05) is 5.32 Å². The summed E-state index contributed by atoms with van der Waals surface area (Å²) < 4.78 is 44.1. The number of nitrogens with one attached hydrogen (secondary N) is 1. The summed E-state index contributed by atoms with van der Waals surface area (Å²) in [5.41, 5.74) is 0.125. The molecule has 0 fully saturated rings. The van der Waals surface area contributed by atoms with Crippen LogP contribution in [0.2, 0.25) is 5.02 Å². The Hall–Kier alpha value is -2.47. The fourth-order valence-corrected chi connectivity index (χ4v) is 2.62. The molecule has 2 aromatic carbocycles. The number of hydrogen-bond donors (Lipinski definition) is 1. The number of alkyl halides is 3. The van der Waals surface area contributed by atoms with E-state index in [4.69, 9.17) is 16.0 Å². The lowest BCUT2D eigenvalue weighted by molar-refractivity contribution is -0.137. The van der Waals surface area contributed by atoms with E-state index in [9.17, 15) is 18.0 Å². The molecule has 1 heterocycles. The molecule has 0 aliphatic heterocycles. The highest BCUT2D eigenvalue weighted by Crippen LogP contribution is 2.36. The highest BCUT2D eigenvalue weighted by Gasteiger charge is 2.33. The zero-order valence-corrected chi connectivity index (χ0v) is 13.1. The van der Waals surface area contributed by atoms with E-state index in [1.807, 2.05) is 0 Å². The molecule has 1 aromatic heterocycles. The van der Waals surface area contributed by atoms with Gasteiger partial charge in [-0.25, -0.2) is 0 Å². The van der Waals surface area contributed by atoms with Crippen LogP contribution in [0.3, 0.4) is 0 Å². The van der Waals surface area contributed by atoms with Gasteiger partial charge in [0.25, 0.3) is 5.91 Å². The van der Waals surface area contributed by atoms with Crippen LogP contribution in [0.4, 0.5) is 18.9 Å². The van der Waals surface area contributed by atoms with Gasteiger partial charge in [-0.15, -0.1) is 0 Å². The maximum absolute atomic E-state index is 12.9. The minimum absolute atomic E-state index is 0.0171. The first-order valence-corrected chi connectivity index (χ1v) is 7.31. The Kier molecular flexibility index (Phi) is 4.01. The third kappa shape index (κ3) is 2.97. The Morgan fingerprint density at radius 3 is 2.54 bits per heavy atom. The predicted molar refractivity (Wildman–Crippen MR) is 85.4 cm³/mol. The fraction of sp³-hybridized carbons (Fsp3) is 0.118. The molecule has 3 nitrogen and oxygen atoms in total. The molecule has 0 spiro atoms. The monoisotopic (exact) mass is 353 g/mol. The molecule has 1 N–H and O–H groups in total. The summed E-state index contributed by atoms with van der Waals surface area (Å²) in [4.78, 5) is 12.3. The Balaban J connectivity index is 1.93. The average molecular weight is 354 g/mol. The number of aryl methyl sites for hydroxylation is 1. The largest absolute Gasteiger partial charge is 0.451 e. The smallest absolute Gasteiger partial charge is 0.417 e. The van der Waals surface area contributed by atoms with Crippen molar-refractivity contribution in [1.29, 1.82) is 0 Å². The maximum atomic E-state index is 12.9. The Bertz CT molecular complexity index is 931. The topological polar surface area (TPSA) is 42.2 Å². The fourth-order valence-electron chi connectivity index (χ4n) is 2.40. The number of benzene rings is 2. The molecule has 3 rings (SSSR count). The summed E-state index contributed by atoms with van der Waals surface area (Å²) in [7, 11) is 0. The van der Waals surface area contributed by atoms with E-state index in [1.165, 1.54) is 6.07 Å². The van der Waals surface area contributed by atoms with E-state index in [-0.39, 0.29) is 11.4 Å². The summed E-state index contributed by atoms with van der Waals surface area (Å²) in [6, 6.07) is 10.3. The summed E-state index contributed by atoms with van der Waals surface area (Å²) in [5, 5.41) is 2.75. The zero-order valence-electron chi connectivity index (χ0n) is 12.4. The number of furan rings is 1. The molecule has 24 heavy (non-hydrogen) atoms. The molecule has 0 saturated heterocycles. The van der Waals surface area contributed by atoms with Gasteiger partial charge >= 0.3 is 6.18 Å². The second kappa shape index (κ2) is 5.87. The number of rotatable bonds is 2. The van der Waals surface area contributed by atoms with Crippen molar-refractivity contribution < 1.29 is 22.4 Å². The highest BCUT2D eigenvalue weighted by atomic mass is 35.5. The molecule has 0 radical (unpaired) electrons. The number of para-hydroxylation sites is 1. The SMILES string of the molecule is Cc1c(C(=O)Nc2ccc(Cl)c(C(F)(F)F)c2)oc2ccccc12. The van der Waals surface area contributed by atoms with Gasteiger partial charge in [-0.3, -0.25) is 4.79 Å². The van der Waals surface area contributed by atoms with Gasteiger partial charge in [0.1, 0.15) is 5.58 Å². The van der Waals surface area contributed by atoms with Crippen molar-refractivity contribution >= 4 is 34.2 Å². The predicted octanol–water partition coefficient (Wildman–Crippen LogP) is 5.67. The molecular weight excluding hydrogens is 343 g/mol. The first-order valence-electron chi connectivity index (χ1n) is 6.93. The number of amides is 1. The molecular formula is C17H11ClF3NO2. The second-order valence-corrected chi connectivity index (χ2v) is 5.61. The van der Waals surface area contributed by atoms with Crippen LogP contribution in [0.25, 0.3) is 11.0 Å². The van der Waals surface area contributed by atoms with Crippen molar-refractivity contribution in [2.24, 2.45) is 0 Å². The third-order valence-electron chi connectivity index (χ3n) is 3.58. The lowest BCUT2D eigenvalue weighted by atomic mass is 10.1. The van der Waals surface area contributed by atoms with Gasteiger partial charge in [-0.05, 0) is 31.2 Å². The van der Waals surface area contributed by atoms with E-state index >= 15 is 0 Å². The Labute approximate surface area is 140 Å². The normalized spacial score (nSPS) is 11.7. The van der Waals surface area contributed by atoms with E-state index in [1.54, 1.807) is 31.2 Å². The van der Waals surface area contributed by atoms with Gasteiger partial charge in [-0.1, -0.05) is 29.8 Å². The standard InChI is InChI=1S/C17H11ClF3NO2/c1-9-11-4-2-3-5-14(11)24-15(9)16(23)22-10-6-7-13(18)12(8-10)17(19,20)21/h2-8H,1H3,(H,22,23). The van der Waals surface area contributed by atoms with Gasteiger partial charge in [0, 0.05) is 16.6 Å². The molecule has 0 aliphatic carbocycles. The average Bonchev–Trinajstić information content (AvgIpc) is 2.86. The molecule has 0 saturated carbocycles. The van der Waals surface area contributed by atoms with Gasteiger partial charge < -0.3 is 9.73 Å². The number of fused-ring (bicyclic) bond motifs is 1. The van der Waals surface area contributed by atoms with E-state index in [0.717, 1.165) is 17.5 Å². The minimum atomic E-state index is -4.60. The molecule has 0 bridgehead atoms. The van der Waals surface area contributed by atoms with Crippen molar-refractivity contribution in [2.45, 2.75) is 13.1 Å². The summed E-state index contributed by atoms with van der Waals surface area (Å²) in [5.74, 6) is -0.571. The maximum Gasteiger partial charge on any atom is 0.417 e. The van der Waals surface area contributed by atoms with Gasteiger partial charge in [0.2, 0.25) is 0 Å². The molecule has 0 aliphatic rings. The van der Waals surface area contributed by atoms with E-state index < -0.39 is 22.7 Å². The molecule has 1 amide bonds. The van der Waals surface area contributed by atoms with Gasteiger partial charge in [0.05, 0.1) is 10.6 Å². The highest BCUT2D eigenvalue weighted by molar-refractivity contribution is 6.31. The second-order valence-electron chi connectivity index (χ2n) is 5.20. The molecule has 124 valence electrons. The zero-order chi connectivity index (χ0) is 17.5. The van der Waals surface area contributed by atoms with Crippen LogP contribution < -0.4 is 5.32 Å². The number of halogens is 4. The first kappa shape index (κ1) is 16.4. The van der Waals surface area contributed by atoms with E-state index in [0.29, 0.717) is 11.1 Å². The number of anilines is 1. The summed E-state index contributed by atoms with van der Waals surface area (Å²) >= 11 is 5.56. The summed E-state index contributed by atoms with van der Waals surface area (Å²) in [6.45, 7) is 1.71. The summed E-state index contributed by atoms with van der Waals surface area (Å²) in [6.07, 6.45) is -4.60. The van der Waals surface area contributed by atoms with Gasteiger partial charge in [-0.2, -0.15) is 13.2 Å². The van der Waals surface area contributed by atoms with Crippen LogP contribution in [0.1, 0.15) is 21.7 Å². The first-order chi connectivity index (χ1) is 11.3. The molecule has 7 heteroatoms. The quantitative estimate of drug-likeness (QED) is 0.645. The lowest BCUT2D eigenvalue weighted by Crippen LogP contribution is -2.13. The van der Waals surface area contributed by atoms with Crippen molar-refractivity contribution in [3.05, 3.63) is 64.4 Å². The van der Waals surface area contributed by atoms with Crippen LogP contribution in [-0.2, 0) is 6.18 Å². The number of carbonyl (C=O) groups excluding carboxylic acids is 1. The Morgan fingerprint density at radius 1 is 1.17 bits per heavy atom. The lowest BCUT2D eigenvalue weighted by Gasteiger charge is -2.11. The molecule has 3 aromatic rings. The van der Waals surface area contributed by atoms with Crippen LogP contribution in [0.15, 0.2) is 46.9 Å². The number of carbonyl (C=O) groups is 1. The van der Waals surface area contributed by atoms with Crippen molar-refractivity contribution in [3.8, 4) is 0 Å². The van der Waals surface area contributed by atoms with E-state index in [2.05, 4.69) is 5.32 Å². The Morgan fingerprint density at radius 2 is 1.88 bits per heavy atom. The van der Waals surface area contributed by atoms with Crippen molar-refractivity contribution in [1.82, 2.24) is 0 Å². The minimum Gasteiger partial charge on any atom is -0.451 e. The molecule has 0 unspecified atom stereocenters. The van der Waals surface area contributed by atoms with Crippen LogP contribution in [0.5, 0.6) is 0 Å². The van der Waals surface area contributed by atoms with Crippen LogP contribution >= 0.6 is 11.6 Å². The molecule has 0 atom stereocenters. The third-order valence-corrected chi connectivity index (χ3v) is 3.91. The number of hydrogen-bond acceptors (Lipinski definition) is 2.